The number of non-ortho nitro benzene ring substituents is 1. The smallest absolute Gasteiger partial charge is 0.270 e. The molecule has 0 aromatic heterocycles. The van der Waals surface area contributed by atoms with Gasteiger partial charge in [0.1, 0.15) is 0 Å². The topological polar surface area (TPSA) is 102 Å². The first-order valence-corrected chi connectivity index (χ1v) is 12.7. The number of allylic oxidation sites excluding steroid dienone is 1. The molecule has 0 fully saturated rings. The normalized spacial score (nSPS) is 12.0. The van der Waals surface area contributed by atoms with Gasteiger partial charge in [0, 0.05) is 32.8 Å². The molecule has 174 valence electrons. The van der Waals surface area contributed by atoms with Crippen molar-refractivity contribution in [3.63, 3.8) is 0 Å². The zero-order valence-electron chi connectivity index (χ0n) is 17.4. The fourth-order valence-corrected chi connectivity index (χ4v) is 5.85. The summed E-state index contributed by atoms with van der Waals surface area (Å²) in [7, 11) is -3.37. The van der Waals surface area contributed by atoms with Crippen LogP contribution in [-0.2, 0) is 9.36 Å². The zero-order chi connectivity index (χ0) is 24.7. The minimum atomic E-state index is -3.37. The van der Waals surface area contributed by atoms with Crippen LogP contribution in [0.25, 0.3) is 6.08 Å². The molecule has 0 unspecified atom stereocenters. The van der Waals surface area contributed by atoms with E-state index in [2.05, 4.69) is 10.5 Å². The highest BCUT2D eigenvalue weighted by atomic mass is 35.5. The molecule has 34 heavy (non-hydrogen) atoms. The monoisotopic (exact) mass is 535 g/mol. The molecule has 0 saturated heterocycles. The molecule has 3 rings (SSSR count). The Balaban J connectivity index is 1.76. The van der Waals surface area contributed by atoms with E-state index in [1.165, 1.54) is 30.5 Å². The third kappa shape index (κ3) is 6.78. The fraction of sp³-hybridized carbons (Fsp3) is 0.0435. The highest BCUT2D eigenvalue weighted by Gasteiger charge is 2.30. The molecular formula is C23H17Cl3N3O4P. The number of amides is 1. The molecule has 0 radical (unpaired) electrons. The number of nitro benzene ring substituents is 1. The second kappa shape index (κ2) is 11.4. The van der Waals surface area contributed by atoms with Gasteiger partial charge in [-0.05, 0) is 60.2 Å². The number of carbonyl (C=O) groups excluding carboxylic acids is 1. The SMILES string of the molecule is O=C(CP(=O)(c1ccc(Cl)cc1)c1ccc(Cl)cc1)N/N=C/C(Cl)=C/c1cccc([N+](=O)[O-])c1. The summed E-state index contributed by atoms with van der Waals surface area (Å²) in [6.07, 6.45) is 2.28. The number of halogens is 3. The molecule has 3 aromatic rings. The van der Waals surface area contributed by atoms with Crippen LogP contribution in [0.4, 0.5) is 5.69 Å². The first-order valence-electron chi connectivity index (χ1n) is 9.72. The molecule has 0 bridgehead atoms. The Bertz CT molecular complexity index is 1260. The van der Waals surface area contributed by atoms with Crippen LogP contribution in [0.5, 0.6) is 0 Å². The van der Waals surface area contributed by atoms with Gasteiger partial charge in [-0.2, -0.15) is 5.10 Å². The van der Waals surface area contributed by atoms with Crippen molar-refractivity contribution in [1.29, 1.82) is 0 Å². The Kier molecular flexibility index (Phi) is 8.64. The van der Waals surface area contributed by atoms with E-state index in [0.717, 1.165) is 0 Å². The maximum atomic E-state index is 14.0. The number of nitrogens with one attached hydrogen (secondary N) is 1. The lowest BCUT2D eigenvalue weighted by Crippen LogP contribution is -2.28. The summed E-state index contributed by atoms with van der Waals surface area (Å²) in [6.45, 7) is 0. The minimum Gasteiger partial charge on any atom is -0.313 e. The lowest BCUT2D eigenvalue weighted by molar-refractivity contribution is -0.384. The van der Waals surface area contributed by atoms with Crippen molar-refractivity contribution >= 4 is 76.4 Å². The second-order valence-corrected chi connectivity index (χ2v) is 11.2. The van der Waals surface area contributed by atoms with Crippen LogP contribution in [0.1, 0.15) is 5.56 Å². The van der Waals surface area contributed by atoms with Crippen LogP contribution in [0, 0.1) is 10.1 Å². The van der Waals surface area contributed by atoms with Gasteiger partial charge in [0.05, 0.1) is 22.3 Å². The van der Waals surface area contributed by atoms with Gasteiger partial charge in [0.2, 0.25) is 5.91 Å². The van der Waals surface area contributed by atoms with Crippen molar-refractivity contribution in [2.45, 2.75) is 0 Å². The summed E-state index contributed by atoms with van der Waals surface area (Å²) >= 11 is 18.0. The van der Waals surface area contributed by atoms with Crippen LogP contribution in [-0.4, -0.2) is 23.2 Å². The maximum Gasteiger partial charge on any atom is 0.270 e. The van der Waals surface area contributed by atoms with Crippen LogP contribution < -0.4 is 16.0 Å². The number of rotatable bonds is 8. The Morgan fingerprint density at radius 2 is 1.56 bits per heavy atom. The number of hydrazone groups is 1. The van der Waals surface area contributed by atoms with E-state index in [1.807, 2.05) is 0 Å². The molecule has 3 aromatic carbocycles. The number of hydrogen-bond acceptors (Lipinski definition) is 5. The summed E-state index contributed by atoms with van der Waals surface area (Å²) in [5, 5.41) is 16.7. The van der Waals surface area contributed by atoms with Crippen molar-refractivity contribution < 1.29 is 14.3 Å². The highest BCUT2D eigenvalue weighted by Crippen LogP contribution is 2.43. The van der Waals surface area contributed by atoms with Crippen molar-refractivity contribution in [2.75, 3.05) is 6.16 Å². The molecular weight excluding hydrogens is 520 g/mol. The summed E-state index contributed by atoms with van der Waals surface area (Å²) in [4.78, 5) is 23.0. The summed E-state index contributed by atoms with van der Waals surface area (Å²) in [5.41, 5.74) is 2.73. The van der Waals surface area contributed by atoms with Gasteiger partial charge in [0.25, 0.3) is 5.69 Å². The van der Waals surface area contributed by atoms with Crippen molar-refractivity contribution in [3.8, 4) is 0 Å². The van der Waals surface area contributed by atoms with E-state index in [0.29, 0.717) is 26.2 Å². The van der Waals surface area contributed by atoms with E-state index >= 15 is 0 Å². The Hall–Kier alpha value is -2.96. The minimum absolute atomic E-state index is 0.0800. The Morgan fingerprint density at radius 3 is 2.09 bits per heavy atom. The molecule has 11 heteroatoms. The third-order valence-corrected chi connectivity index (χ3v) is 8.32. The number of carbonyl (C=O) groups is 1. The predicted octanol–water partition coefficient (Wildman–Crippen LogP) is 5.60. The van der Waals surface area contributed by atoms with E-state index < -0.39 is 18.0 Å². The molecule has 0 aliphatic carbocycles. The predicted molar refractivity (Wildman–Crippen MR) is 138 cm³/mol. The zero-order valence-corrected chi connectivity index (χ0v) is 20.6. The van der Waals surface area contributed by atoms with Crippen LogP contribution in [0.15, 0.2) is 82.9 Å². The molecule has 0 saturated carbocycles. The standard InChI is InChI=1S/C23H17Cl3N3O4P/c24-17-4-8-21(9-5-17)34(33,22-10-6-18(25)7-11-22)15-23(30)28-27-14-19(26)12-16-2-1-3-20(13-16)29(31)32/h1-14H,15H2,(H,28,30)/b19-12-,27-14+. The first kappa shape index (κ1) is 25.7. The van der Waals surface area contributed by atoms with Crippen molar-refractivity contribution in [2.24, 2.45) is 5.10 Å². The van der Waals surface area contributed by atoms with Crippen molar-refractivity contribution in [3.05, 3.63) is 104 Å². The van der Waals surface area contributed by atoms with Gasteiger partial charge in [0.15, 0.2) is 7.14 Å². The Morgan fingerprint density at radius 1 is 1.00 bits per heavy atom. The number of benzene rings is 3. The van der Waals surface area contributed by atoms with Gasteiger partial charge < -0.3 is 4.57 Å². The van der Waals surface area contributed by atoms with Crippen LogP contribution >= 0.6 is 41.9 Å². The average Bonchev–Trinajstić information content (AvgIpc) is 2.80. The van der Waals surface area contributed by atoms with Gasteiger partial charge in [-0.1, -0.05) is 46.9 Å². The first-order chi connectivity index (χ1) is 16.2. The van der Waals surface area contributed by atoms with Gasteiger partial charge in [-0.25, -0.2) is 5.43 Å². The fourth-order valence-electron chi connectivity index (χ4n) is 3.02. The molecule has 0 heterocycles. The molecule has 0 spiro atoms. The van der Waals surface area contributed by atoms with Gasteiger partial charge in [-0.3, -0.25) is 14.9 Å². The van der Waals surface area contributed by atoms with E-state index in [9.17, 15) is 19.5 Å². The quantitative estimate of drug-likeness (QED) is 0.175. The van der Waals surface area contributed by atoms with E-state index in [4.69, 9.17) is 34.8 Å². The molecule has 0 aliphatic heterocycles. The second-order valence-electron chi connectivity index (χ2n) is 7.03. The van der Waals surface area contributed by atoms with Gasteiger partial charge >= 0.3 is 0 Å². The number of nitrogens with zero attached hydrogens (tertiary/aromatic N) is 2. The molecule has 7 nitrogen and oxygen atoms in total. The number of hydrogen-bond donors (Lipinski definition) is 1. The summed E-state index contributed by atoms with van der Waals surface area (Å²) in [6, 6.07) is 18.8. The third-order valence-electron chi connectivity index (χ3n) is 4.62. The molecule has 1 amide bonds. The molecule has 0 atom stereocenters. The van der Waals surface area contributed by atoms with Crippen molar-refractivity contribution in [1.82, 2.24) is 5.43 Å². The molecule has 0 aliphatic rings. The Labute approximate surface area is 210 Å². The van der Waals surface area contributed by atoms with Crippen LogP contribution in [0.3, 0.4) is 0 Å². The lowest BCUT2D eigenvalue weighted by Gasteiger charge is -2.18. The molecule has 1 N–H and O–H groups in total. The maximum absolute atomic E-state index is 14.0. The van der Waals surface area contributed by atoms with Crippen LogP contribution in [0.2, 0.25) is 10.0 Å². The number of nitro groups is 1. The average molecular weight is 537 g/mol. The largest absolute Gasteiger partial charge is 0.313 e. The highest BCUT2D eigenvalue weighted by molar-refractivity contribution is 7.79. The lowest BCUT2D eigenvalue weighted by atomic mass is 10.2. The van der Waals surface area contributed by atoms with Gasteiger partial charge in [-0.15, -0.1) is 0 Å². The van der Waals surface area contributed by atoms with E-state index in [-0.39, 0.29) is 16.9 Å². The van der Waals surface area contributed by atoms with E-state index in [1.54, 1.807) is 54.6 Å². The summed E-state index contributed by atoms with van der Waals surface area (Å²) < 4.78 is 14.0. The summed E-state index contributed by atoms with van der Waals surface area (Å²) in [5.74, 6) is -0.593.